The molecule has 0 aromatic heterocycles. The minimum atomic E-state index is -0.231. The van der Waals surface area contributed by atoms with Crippen molar-refractivity contribution in [1.82, 2.24) is 15.1 Å². The van der Waals surface area contributed by atoms with Gasteiger partial charge in [-0.05, 0) is 33.5 Å². The second-order valence-corrected chi connectivity index (χ2v) is 5.92. The zero-order valence-electron chi connectivity index (χ0n) is 13.0. The van der Waals surface area contributed by atoms with Gasteiger partial charge in [-0.25, -0.2) is 0 Å². The molecule has 1 aliphatic heterocycles. The van der Waals surface area contributed by atoms with Gasteiger partial charge in [0.2, 0.25) is 0 Å². The lowest BCUT2D eigenvalue weighted by atomic mass is 10.0. The first-order valence-corrected chi connectivity index (χ1v) is 7.16. The van der Waals surface area contributed by atoms with Gasteiger partial charge in [-0.1, -0.05) is 13.8 Å². The molecular weight excluding hydrogens is 242 g/mol. The van der Waals surface area contributed by atoms with Gasteiger partial charge >= 0.3 is 5.97 Å². The van der Waals surface area contributed by atoms with Crippen molar-refractivity contribution >= 4 is 5.97 Å². The fourth-order valence-corrected chi connectivity index (χ4v) is 2.62. The van der Waals surface area contributed by atoms with Crippen LogP contribution in [-0.4, -0.2) is 74.7 Å². The number of carbonyl (C=O) groups is 1. The van der Waals surface area contributed by atoms with Crippen LogP contribution in [0.1, 0.15) is 26.7 Å². The zero-order chi connectivity index (χ0) is 14.4. The SMILES string of the molecule is COC(=O)C(CN1CCCC(N(C)C)C1)NC(C)C. The molecule has 0 aliphatic carbocycles. The van der Waals surface area contributed by atoms with Crippen LogP contribution < -0.4 is 5.32 Å². The summed E-state index contributed by atoms with van der Waals surface area (Å²) in [5, 5.41) is 3.29. The highest BCUT2D eigenvalue weighted by Gasteiger charge is 2.27. The molecule has 5 nitrogen and oxygen atoms in total. The van der Waals surface area contributed by atoms with Crippen molar-refractivity contribution in [2.24, 2.45) is 0 Å². The summed E-state index contributed by atoms with van der Waals surface area (Å²) < 4.78 is 4.89. The number of esters is 1. The second-order valence-electron chi connectivity index (χ2n) is 5.92. The molecule has 0 amide bonds. The van der Waals surface area contributed by atoms with E-state index in [-0.39, 0.29) is 18.1 Å². The van der Waals surface area contributed by atoms with E-state index in [1.54, 1.807) is 0 Å². The van der Waals surface area contributed by atoms with Gasteiger partial charge in [0.05, 0.1) is 7.11 Å². The van der Waals surface area contributed by atoms with E-state index < -0.39 is 0 Å². The first kappa shape index (κ1) is 16.4. The van der Waals surface area contributed by atoms with E-state index in [1.165, 1.54) is 20.0 Å². The molecule has 112 valence electrons. The number of ether oxygens (including phenoxy) is 1. The number of hydrogen-bond acceptors (Lipinski definition) is 5. The molecule has 0 aromatic carbocycles. The van der Waals surface area contributed by atoms with Crippen molar-refractivity contribution < 1.29 is 9.53 Å². The van der Waals surface area contributed by atoms with Gasteiger partial charge in [0, 0.05) is 25.2 Å². The summed E-state index contributed by atoms with van der Waals surface area (Å²) in [5.74, 6) is -0.166. The number of carbonyl (C=O) groups excluding carboxylic acids is 1. The molecule has 0 saturated carbocycles. The highest BCUT2D eigenvalue weighted by Crippen LogP contribution is 2.14. The first-order chi connectivity index (χ1) is 8.93. The third-order valence-electron chi connectivity index (χ3n) is 3.67. The normalized spacial score (nSPS) is 22.8. The topological polar surface area (TPSA) is 44.8 Å². The average molecular weight is 271 g/mol. The number of hydrogen-bond donors (Lipinski definition) is 1. The Labute approximate surface area is 117 Å². The zero-order valence-corrected chi connectivity index (χ0v) is 13.0. The molecule has 2 unspecified atom stereocenters. The molecule has 0 radical (unpaired) electrons. The molecule has 1 N–H and O–H groups in total. The Morgan fingerprint density at radius 3 is 2.68 bits per heavy atom. The minimum Gasteiger partial charge on any atom is -0.468 e. The van der Waals surface area contributed by atoms with E-state index >= 15 is 0 Å². The summed E-state index contributed by atoms with van der Waals surface area (Å²) in [7, 11) is 5.70. The Bertz CT molecular complexity index is 282. The third kappa shape index (κ3) is 5.47. The molecule has 0 aromatic rings. The number of likely N-dealkylation sites (N-methyl/N-ethyl adjacent to an activating group) is 1. The van der Waals surface area contributed by atoms with E-state index in [4.69, 9.17) is 4.74 Å². The highest BCUT2D eigenvalue weighted by molar-refractivity contribution is 5.76. The van der Waals surface area contributed by atoms with Crippen molar-refractivity contribution in [2.45, 2.75) is 44.8 Å². The fourth-order valence-electron chi connectivity index (χ4n) is 2.62. The maximum atomic E-state index is 11.8. The lowest BCUT2D eigenvalue weighted by Crippen LogP contribution is -2.53. The summed E-state index contributed by atoms with van der Waals surface area (Å²) in [5.41, 5.74) is 0. The predicted octanol–water partition coefficient (Wildman–Crippen LogP) is 0.552. The smallest absolute Gasteiger partial charge is 0.324 e. The van der Waals surface area contributed by atoms with Crippen molar-refractivity contribution in [3.63, 3.8) is 0 Å². The summed E-state index contributed by atoms with van der Waals surface area (Å²) in [6, 6.07) is 0.635. The molecule has 5 heteroatoms. The van der Waals surface area contributed by atoms with Crippen LogP contribution in [-0.2, 0) is 9.53 Å². The fraction of sp³-hybridized carbons (Fsp3) is 0.929. The molecule has 0 bridgehead atoms. The minimum absolute atomic E-state index is 0.166. The first-order valence-electron chi connectivity index (χ1n) is 7.16. The summed E-state index contributed by atoms with van der Waals surface area (Å²) >= 11 is 0. The van der Waals surface area contributed by atoms with Gasteiger partial charge in [-0.2, -0.15) is 0 Å². The monoisotopic (exact) mass is 271 g/mol. The summed E-state index contributed by atoms with van der Waals surface area (Å²) in [4.78, 5) is 16.5. The van der Waals surface area contributed by atoms with Crippen molar-refractivity contribution in [3.05, 3.63) is 0 Å². The molecule has 2 atom stereocenters. The van der Waals surface area contributed by atoms with Crippen molar-refractivity contribution in [3.8, 4) is 0 Å². The van der Waals surface area contributed by atoms with Gasteiger partial charge in [-0.15, -0.1) is 0 Å². The van der Waals surface area contributed by atoms with Crippen molar-refractivity contribution in [1.29, 1.82) is 0 Å². The summed E-state index contributed by atoms with van der Waals surface area (Å²) in [6.07, 6.45) is 2.43. The highest BCUT2D eigenvalue weighted by atomic mass is 16.5. The van der Waals surface area contributed by atoms with E-state index in [9.17, 15) is 4.79 Å². The van der Waals surface area contributed by atoms with Gasteiger partial charge in [-0.3, -0.25) is 9.69 Å². The van der Waals surface area contributed by atoms with Gasteiger partial charge in [0.1, 0.15) is 6.04 Å². The molecule has 1 saturated heterocycles. The van der Waals surface area contributed by atoms with E-state index in [0.717, 1.165) is 19.6 Å². The van der Waals surface area contributed by atoms with Crippen LogP contribution in [0.15, 0.2) is 0 Å². The number of methoxy groups -OCH3 is 1. The predicted molar refractivity (Wildman–Crippen MR) is 77.2 cm³/mol. The van der Waals surface area contributed by atoms with E-state index in [0.29, 0.717) is 6.04 Å². The molecule has 1 heterocycles. The second kappa shape index (κ2) is 7.82. The van der Waals surface area contributed by atoms with Crippen LogP contribution in [0.3, 0.4) is 0 Å². The van der Waals surface area contributed by atoms with E-state index in [2.05, 4.69) is 43.1 Å². The molecule has 1 aliphatic rings. The van der Waals surface area contributed by atoms with Crippen LogP contribution in [0, 0.1) is 0 Å². The maximum absolute atomic E-state index is 11.8. The molecular formula is C14H29N3O2. The van der Waals surface area contributed by atoms with Crippen LogP contribution in [0.25, 0.3) is 0 Å². The van der Waals surface area contributed by atoms with Gasteiger partial charge < -0.3 is 15.0 Å². The number of likely N-dealkylation sites (tertiary alicyclic amines) is 1. The van der Waals surface area contributed by atoms with Crippen LogP contribution >= 0.6 is 0 Å². The lowest BCUT2D eigenvalue weighted by Gasteiger charge is -2.37. The number of piperidine rings is 1. The van der Waals surface area contributed by atoms with Crippen LogP contribution in [0.5, 0.6) is 0 Å². The van der Waals surface area contributed by atoms with Gasteiger partial charge in [0.25, 0.3) is 0 Å². The largest absolute Gasteiger partial charge is 0.468 e. The van der Waals surface area contributed by atoms with Crippen LogP contribution in [0.2, 0.25) is 0 Å². The standard InChI is InChI=1S/C14H29N3O2/c1-11(2)15-13(14(18)19-5)10-17-8-6-7-12(9-17)16(3)4/h11-13,15H,6-10H2,1-5H3. The Hall–Kier alpha value is -0.650. The number of nitrogens with one attached hydrogen (secondary N) is 1. The average Bonchev–Trinajstić information content (AvgIpc) is 2.36. The third-order valence-corrected chi connectivity index (χ3v) is 3.67. The van der Waals surface area contributed by atoms with Gasteiger partial charge in [0.15, 0.2) is 0 Å². The Morgan fingerprint density at radius 2 is 2.16 bits per heavy atom. The number of nitrogens with zero attached hydrogens (tertiary/aromatic N) is 2. The Balaban J connectivity index is 2.55. The molecule has 0 spiro atoms. The number of rotatable bonds is 6. The Morgan fingerprint density at radius 1 is 1.47 bits per heavy atom. The molecule has 1 rings (SSSR count). The lowest BCUT2D eigenvalue weighted by molar-refractivity contribution is -0.144. The van der Waals surface area contributed by atoms with E-state index in [1.807, 2.05) is 0 Å². The molecule has 19 heavy (non-hydrogen) atoms. The Kier molecular flexibility index (Phi) is 6.75. The molecule has 1 fully saturated rings. The summed E-state index contributed by atoms with van der Waals surface area (Å²) in [6.45, 7) is 6.93. The maximum Gasteiger partial charge on any atom is 0.324 e. The van der Waals surface area contributed by atoms with Crippen molar-refractivity contribution in [2.75, 3.05) is 40.8 Å². The van der Waals surface area contributed by atoms with Crippen LogP contribution in [0.4, 0.5) is 0 Å². The quantitative estimate of drug-likeness (QED) is 0.715.